The van der Waals surface area contributed by atoms with Crippen LogP contribution in [0.5, 0.6) is 0 Å². The van der Waals surface area contributed by atoms with E-state index in [2.05, 4.69) is 5.32 Å². The van der Waals surface area contributed by atoms with Crippen LogP contribution in [0.15, 0.2) is 0 Å². The molecule has 0 aliphatic heterocycles. The van der Waals surface area contributed by atoms with Crippen molar-refractivity contribution in [2.24, 2.45) is 0 Å². The number of ether oxygens (including phenoxy) is 1. The molecule has 5 heteroatoms. The molecular formula is C10H16ClNO3. The fraction of sp³-hybridized carbons (Fsp3) is 0.800. The minimum absolute atomic E-state index is 0.0631. The van der Waals surface area contributed by atoms with E-state index in [4.69, 9.17) is 16.3 Å². The van der Waals surface area contributed by atoms with E-state index in [1.54, 1.807) is 6.92 Å². The summed E-state index contributed by atoms with van der Waals surface area (Å²) < 4.78 is 4.78. The van der Waals surface area contributed by atoms with E-state index < -0.39 is 11.6 Å². The number of ketones is 1. The zero-order chi connectivity index (χ0) is 11.3. The Balaban J connectivity index is 2.65. The van der Waals surface area contributed by atoms with Crippen molar-refractivity contribution in [1.82, 2.24) is 5.32 Å². The zero-order valence-electron chi connectivity index (χ0n) is 8.85. The lowest BCUT2D eigenvalue weighted by molar-refractivity contribution is -0.122. The summed E-state index contributed by atoms with van der Waals surface area (Å²) in [4.78, 5) is 23.0. The Morgan fingerprint density at radius 3 is 2.47 bits per heavy atom. The lowest BCUT2D eigenvalue weighted by atomic mass is 9.93. The van der Waals surface area contributed by atoms with Gasteiger partial charge in [-0.15, -0.1) is 11.6 Å². The van der Waals surface area contributed by atoms with Crippen LogP contribution in [-0.4, -0.2) is 29.9 Å². The molecule has 0 atom stereocenters. The number of nitrogens with one attached hydrogen (secondary N) is 1. The molecule has 0 aromatic rings. The number of hydrogen-bond donors (Lipinski definition) is 1. The second-order valence-corrected chi connectivity index (χ2v) is 3.96. The molecule has 1 aliphatic rings. The van der Waals surface area contributed by atoms with Gasteiger partial charge < -0.3 is 10.1 Å². The van der Waals surface area contributed by atoms with E-state index in [0.29, 0.717) is 19.4 Å². The zero-order valence-corrected chi connectivity index (χ0v) is 9.60. The minimum atomic E-state index is -0.770. The van der Waals surface area contributed by atoms with E-state index in [1.165, 1.54) is 0 Å². The Morgan fingerprint density at radius 1 is 1.40 bits per heavy atom. The van der Waals surface area contributed by atoms with Crippen LogP contribution >= 0.6 is 11.6 Å². The predicted octanol–water partition coefficient (Wildman–Crippen LogP) is 1.85. The third kappa shape index (κ3) is 2.84. The van der Waals surface area contributed by atoms with Crippen LogP contribution in [0.4, 0.5) is 4.79 Å². The summed E-state index contributed by atoms with van der Waals surface area (Å²) in [6.07, 6.45) is 2.68. The summed E-state index contributed by atoms with van der Waals surface area (Å²) in [6, 6.07) is 0. The van der Waals surface area contributed by atoms with Crippen LogP contribution in [0.25, 0.3) is 0 Å². The van der Waals surface area contributed by atoms with Crippen LogP contribution in [0.2, 0.25) is 0 Å². The van der Waals surface area contributed by atoms with Gasteiger partial charge in [0, 0.05) is 0 Å². The molecule has 15 heavy (non-hydrogen) atoms. The maximum Gasteiger partial charge on any atom is 0.407 e. The molecule has 1 aliphatic carbocycles. The Morgan fingerprint density at radius 2 is 2.00 bits per heavy atom. The summed E-state index contributed by atoms with van der Waals surface area (Å²) in [5, 5.41) is 2.65. The average molecular weight is 234 g/mol. The van der Waals surface area contributed by atoms with Gasteiger partial charge in [0.15, 0.2) is 5.78 Å². The van der Waals surface area contributed by atoms with Gasteiger partial charge in [0.25, 0.3) is 0 Å². The van der Waals surface area contributed by atoms with Crippen molar-refractivity contribution in [3.8, 4) is 0 Å². The highest BCUT2D eigenvalue weighted by molar-refractivity contribution is 6.29. The first kappa shape index (κ1) is 12.3. The van der Waals surface area contributed by atoms with Gasteiger partial charge in [-0.3, -0.25) is 4.79 Å². The quantitative estimate of drug-likeness (QED) is 0.754. The number of alkyl halides is 1. The maximum atomic E-state index is 11.7. The third-order valence-electron chi connectivity index (χ3n) is 2.73. The Hall–Kier alpha value is -0.770. The summed E-state index contributed by atoms with van der Waals surface area (Å²) >= 11 is 5.54. The number of alkyl carbamates (subject to hydrolysis) is 1. The smallest absolute Gasteiger partial charge is 0.407 e. The lowest BCUT2D eigenvalue weighted by Gasteiger charge is -2.27. The number of hydrogen-bond acceptors (Lipinski definition) is 3. The topological polar surface area (TPSA) is 55.4 Å². The van der Waals surface area contributed by atoms with E-state index >= 15 is 0 Å². The van der Waals surface area contributed by atoms with Gasteiger partial charge in [0.2, 0.25) is 0 Å². The molecule has 0 bridgehead atoms. The summed E-state index contributed by atoms with van der Waals surface area (Å²) in [6.45, 7) is 2.03. The Kier molecular flexibility index (Phi) is 4.39. The van der Waals surface area contributed by atoms with Crippen molar-refractivity contribution >= 4 is 23.5 Å². The van der Waals surface area contributed by atoms with Crippen molar-refractivity contribution < 1.29 is 14.3 Å². The van der Waals surface area contributed by atoms with Gasteiger partial charge in [-0.1, -0.05) is 12.8 Å². The van der Waals surface area contributed by atoms with Crippen LogP contribution in [0.1, 0.15) is 32.6 Å². The van der Waals surface area contributed by atoms with Gasteiger partial charge in [0.1, 0.15) is 5.54 Å². The SMILES string of the molecule is CCOC(=O)NC1(C(=O)CCl)CCCC1. The molecule has 1 saturated carbocycles. The van der Waals surface area contributed by atoms with Crippen molar-refractivity contribution in [3.63, 3.8) is 0 Å². The molecule has 0 aromatic heterocycles. The van der Waals surface area contributed by atoms with Crippen molar-refractivity contribution in [1.29, 1.82) is 0 Å². The molecule has 0 heterocycles. The van der Waals surface area contributed by atoms with Crippen LogP contribution in [0.3, 0.4) is 0 Å². The number of rotatable bonds is 4. The number of Topliss-reactive ketones (excluding diaryl/α,β-unsaturated/α-hetero) is 1. The standard InChI is InChI=1S/C10H16ClNO3/c1-2-15-9(14)12-10(8(13)7-11)5-3-4-6-10/h2-7H2,1H3,(H,12,14). The monoisotopic (exact) mass is 233 g/mol. The van der Waals surface area contributed by atoms with Gasteiger partial charge >= 0.3 is 6.09 Å². The maximum absolute atomic E-state index is 11.7. The summed E-state index contributed by atoms with van der Waals surface area (Å²) in [5.74, 6) is -0.179. The average Bonchev–Trinajstić information content (AvgIpc) is 2.66. The highest BCUT2D eigenvalue weighted by Gasteiger charge is 2.41. The van der Waals surface area contributed by atoms with E-state index in [9.17, 15) is 9.59 Å². The highest BCUT2D eigenvalue weighted by Crippen LogP contribution is 2.31. The first-order valence-electron chi connectivity index (χ1n) is 5.19. The van der Waals surface area contributed by atoms with Crippen molar-refractivity contribution in [3.05, 3.63) is 0 Å². The van der Waals surface area contributed by atoms with Crippen molar-refractivity contribution in [2.45, 2.75) is 38.1 Å². The van der Waals surface area contributed by atoms with E-state index in [0.717, 1.165) is 12.8 Å². The number of halogens is 1. The summed E-state index contributed by atoms with van der Waals surface area (Å²) in [5.41, 5.74) is -0.770. The molecule has 4 nitrogen and oxygen atoms in total. The molecule has 0 unspecified atom stereocenters. The first-order valence-corrected chi connectivity index (χ1v) is 5.72. The van der Waals surface area contributed by atoms with Gasteiger partial charge in [0.05, 0.1) is 12.5 Å². The molecule has 86 valence electrons. The molecule has 1 N–H and O–H groups in total. The minimum Gasteiger partial charge on any atom is -0.450 e. The van der Waals surface area contributed by atoms with Gasteiger partial charge in [-0.25, -0.2) is 4.79 Å². The van der Waals surface area contributed by atoms with Crippen LogP contribution < -0.4 is 5.32 Å². The van der Waals surface area contributed by atoms with E-state index in [1.807, 2.05) is 0 Å². The molecule has 0 spiro atoms. The fourth-order valence-corrected chi connectivity index (χ4v) is 2.20. The van der Waals surface area contributed by atoms with Gasteiger partial charge in [-0.2, -0.15) is 0 Å². The molecule has 1 fully saturated rings. The third-order valence-corrected chi connectivity index (χ3v) is 2.97. The second-order valence-electron chi connectivity index (χ2n) is 3.69. The van der Waals surface area contributed by atoms with Gasteiger partial charge in [-0.05, 0) is 19.8 Å². The predicted molar refractivity (Wildman–Crippen MR) is 57.1 cm³/mol. The molecule has 1 amide bonds. The van der Waals surface area contributed by atoms with Crippen LogP contribution in [-0.2, 0) is 9.53 Å². The molecule has 0 radical (unpaired) electrons. The number of carbonyl (C=O) groups excluding carboxylic acids is 2. The largest absolute Gasteiger partial charge is 0.450 e. The Labute approximate surface area is 94.3 Å². The first-order chi connectivity index (χ1) is 7.14. The molecule has 0 aromatic carbocycles. The fourth-order valence-electron chi connectivity index (χ4n) is 1.94. The number of amides is 1. The molecule has 0 saturated heterocycles. The highest BCUT2D eigenvalue weighted by atomic mass is 35.5. The number of carbonyl (C=O) groups is 2. The second kappa shape index (κ2) is 5.35. The van der Waals surface area contributed by atoms with E-state index in [-0.39, 0.29) is 11.7 Å². The summed E-state index contributed by atoms with van der Waals surface area (Å²) in [7, 11) is 0. The Bertz CT molecular complexity index is 249. The normalized spacial score (nSPS) is 18.5. The lowest BCUT2D eigenvalue weighted by Crippen LogP contribution is -2.53. The molecule has 1 rings (SSSR count). The molecular weight excluding hydrogens is 218 g/mol. The van der Waals surface area contributed by atoms with Crippen LogP contribution in [0, 0.1) is 0 Å². The van der Waals surface area contributed by atoms with Crippen molar-refractivity contribution in [2.75, 3.05) is 12.5 Å².